The van der Waals surface area contributed by atoms with Crippen LogP contribution in [0, 0.1) is 23.7 Å². The fourth-order valence-electron chi connectivity index (χ4n) is 6.55. The van der Waals surface area contributed by atoms with Gasteiger partial charge in [-0.1, -0.05) is 44.2 Å². The fourth-order valence-corrected chi connectivity index (χ4v) is 6.55. The zero-order chi connectivity index (χ0) is 24.2. The number of anilines is 1. The summed E-state index contributed by atoms with van der Waals surface area (Å²) in [6.07, 6.45) is 2.32. The molecule has 1 aliphatic carbocycles. The van der Waals surface area contributed by atoms with Gasteiger partial charge in [0.1, 0.15) is 5.75 Å². The number of benzene rings is 2. The Balaban J connectivity index is 1.14. The van der Waals surface area contributed by atoms with Crippen molar-refractivity contribution in [3.63, 3.8) is 0 Å². The van der Waals surface area contributed by atoms with Crippen molar-refractivity contribution in [1.29, 1.82) is 0 Å². The summed E-state index contributed by atoms with van der Waals surface area (Å²) in [4.78, 5) is 24.2. The van der Waals surface area contributed by atoms with Crippen molar-refractivity contribution in [3.8, 4) is 5.75 Å². The Morgan fingerprint density at radius 1 is 1.03 bits per heavy atom. The van der Waals surface area contributed by atoms with Crippen molar-refractivity contribution in [2.45, 2.75) is 70.4 Å². The lowest BCUT2D eigenvalue weighted by molar-refractivity contribution is -0.614. The molecular formula is C28H33NO6. The minimum absolute atomic E-state index is 0.0549. The van der Waals surface area contributed by atoms with E-state index in [-0.39, 0.29) is 17.7 Å². The van der Waals surface area contributed by atoms with Crippen molar-refractivity contribution in [3.05, 3.63) is 60.2 Å². The molecule has 0 radical (unpaired) electrons. The van der Waals surface area contributed by atoms with Crippen LogP contribution in [0.4, 0.5) is 5.69 Å². The molecular weight excluding hydrogens is 446 g/mol. The second-order valence-electron chi connectivity index (χ2n) is 10.8. The third-order valence-electron chi connectivity index (χ3n) is 8.38. The fraction of sp³-hybridized carbons (Fsp3) is 0.536. The molecule has 7 nitrogen and oxygen atoms in total. The second-order valence-corrected chi connectivity index (χ2v) is 10.8. The molecule has 5 fully saturated rings. The summed E-state index contributed by atoms with van der Waals surface area (Å²) in [6, 6.07) is 17.1. The molecule has 1 spiro atoms. The lowest BCUT2D eigenvalue weighted by Gasteiger charge is -2.66. The summed E-state index contributed by atoms with van der Waals surface area (Å²) in [5.74, 6) is 1.05. The van der Waals surface area contributed by atoms with E-state index < -0.39 is 24.0 Å². The monoisotopic (exact) mass is 479 g/mol. The quantitative estimate of drug-likeness (QED) is 0.604. The summed E-state index contributed by atoms with van der Waals surface area (Å²) in [6.45, 7) is 6.40. The summed E-state index contributed by atoms with van der Waals surface area (Å²) in [7, 11) is 0. The molecule has 7 rings (SSSR count). The van der Waals surface area contributed by atoms with Gasteiger partial charge in [0.2, 0.25) is 18.0 Å². The van der Waals surface area contributed by atoms with Gasteiger partial charge in [-0.05, 0) is 55.5 Å². The Morgan fingerprint density at radius 3 is 2.57 bits per heavy atom. The number of hydrogen-bond donors (Lipinski definition) is 1. The van der Waals surface area contributed by atoms with Crippen molar-refractivity contribution in [1.82, 2.24) is 0 Å². The normalized spacial score (nSPS) is 39.5. The van der Waals surface area contributed by atoms with Crippen LogP contribution in [-0.4, -0.2) is 29.9 Å². The standard InChI is InChI=1S/C28H33NO6/c1-17-9-14-22-18(2)25(32-26-28(22)23(17)16-27(3,33-26)34-35-28)31-21-12-10-19(11-13-21)15-24(30)29-20-7-5-4-6-8-20/h4-8,10-13,17-18,22-23,25-26H,9,14-16H2,1-3H3,(H,29,30)/t17-,18-,22?,23?,25+,26-,27+,28+/m1/s1. The average Bonchev–Trinajstić information content (AvgIpc) is 2.84. The van der Waals surface area contributed by atoms with Crippen molar-refractivity contribution in [2.24, 2.45) is 23.7 Å². The Hall–Kier alpha value is -2.45. The Bertz CT molecular complexity index is 1080. The van der Waals surface area contributed by atoms with Crippen LogP contribution < -0.4 is 10.1 Å². The Labute approximate surface area is 206 Å². The molecule has 186 valence electrons. The van der Waals surface area contributed by atoms with Crippen LogP contribution in [0.5, 0.6) is 5.75 Å². The van der Waals surface area contributed by atoms with Gasteiger partial charge in [0.25, 0.3) is 0 Å². The van der Waals surface area contributed by atoms with Gasteiger partial charge in [-0.3, -0.25) is 4.79 Å². The van der Waals surface area contributed by atoms with Gasteiger partial charge in [0, 0.05) is 29.9 Å². The lowest BCUT2D eigenvalue weighted by atomic mass is 9.56. The highest BCUT2D eigenvalue weighted by Gasteiger charge is 2.72. The van der Waals surface area contributed by atoms with E-state index in [4.69, 9.17) is 24.0 Å². The van der Waals surface area contributed by atoms with Crippen LogP contribution in [0.1, 0.15) is 45.6 Å². The van der Waals surface area contributed by atoms with Gasteiger partial charge in [0.05, 0.1) is 6.42 Å². The first kappa shape index (κ1) is 23.0. The second kappa shape index (κ2) is 8.59. The maximum absolute atomic E-state index is 12.4. The number of para-hydroxylation sites is 1. The molecule has 7 heteroatoms. The molecule has 2 bridgehead atoms. The highest BCUT2D eigenvalue weighted by molar-refractivity contribution is 5.92. The molecule has 2 unspecified atom stereocenters. The first-order valence-corrected chi connectivity index (χ1v) is 12.7. The molecule has 2 aromatic rings. The number of hydrogen-bond acceptors (Lipinski definition) is 6. The van der Waals surface area contributed by atoms with E-state index in [9.17, 15) is 4.79 Å². The Morgan fingerprint density at radius 2 is 1.80 bits per heavy atom. The molecule has 1 saturated carbocycles. The van der Waals surface area contributed by atoms with E-state index in [2.05, 4.69) is 19.2 Å². The molecule has 4 heterocycles. The predicted octanol–water partition coefficient (Wildman–Crippen LogP) is 5.06. The van der Waals surface area contributed by atoms with Crippen molar-refractivity contribution in [2.75, 3.05) is 5.32 Å². The number of fused-ring (bicyclic) bond motifs is 1. The first-order valence-electron chi connectivity index (χ1n) is 12.7. The zero-order valence-corrected chi connectivity index (χ0v) is 20.4. The van der Waals surface area contributed by atoms with Gasteiger partial charge in [-0.2, -0.15) is 0 Å². The van der Waals surface area contributed by atoms with Crippen LogP contribution >= 0.6 is 0 Å². The van der Waals surface area contributed by atoms with Gasteiger partial charge >= 0.3 is 0 Å². The Kier molecular flexibility index (Phi) is 5.64. The average molecular weight is 480 g/mol. The highest BCUT2D eigenvalue weighted by Crippen LogP contribution is 2.62. The molecule has 8 atom stereocenters. The minimum Gasteiger partial charge on any atom is -0.465 e. The molecule has 35 heavy (non-hydrogen) atoms. The van der Waals surface area contributed by atoms with Crippen LogP contribution in [-0.2, 0) is 30.5 Å². The molecule has 5 aliphatic rings. The van der Waals surface area contributed by atoms with Crippen LogP contribution in [0.2, 0.25) is 0 Å². The summed E-state index contributed by atoms with van der Waals surface area (Å²) < 4.78 is 19.0. The van der Waals surface area contributed by atoms with Crippen LogP contribution in [0.3, 0.4) is 0 Å². The van der Waals surface area contributed by atoms with E-state index in [0.29, 0.717) is 24.0 Å². The molecule has 1 amide bonds. The minimum atomic E-state index is -0.791. The topological polar surface area (TPSA) is 75.3 Å². The zero-order valence-electron chi connectivity index (χ0n) is 20.4. The molecule has 1 N–H and O–H groups in total. The summed E-state index contributed by atoms with van der Waals surface area (Å²) >= 11 is 0. The third-order valence-corrected chi connectivity index (χ3v) is 8.38. The predicted molar refractivity (Wildman–Crippen MR) is 128 cm³/mol. The molecule has 4 aliphatic heterocycles. The highest BCUT2D eigenvalue weighted by atomic mass is 17.3. The molecule has 4 saturated heterocycles. The van der Waals surface area contributed by atoms with E-state index in [0.717, 1.165) is 30.5 Å². The number of nitrogens with one attached hydrogen (secondary N) is 1. The van der Waals surface area contributed by atoms with E-state index in [1.54, 1.807) is 0 Å². The number of ether oxygens (including phenoxy) is 3. The number of rotatable bonds is 5. The largest absolute Gasteiger partial charge is 0.465 e. The van der Waals surface area contributed by atoms with Crippen molar-refractivity contribution < 1.29 is 28.8 Å². The number of carbonyl (C=O) groups excluding carboxylic acids is 1. The third kappa shape index (κ3) is 3.95. The van der Waals surface area contributed by atoms with Gasteiger partial charge in [-0.25, -0.2) is 9.78 Å². The van der Waals surface area contributed by atoms with Crippen LogP contribution in [0.25, 0.3) is 0 Å². The summed E-state index contributed by atoms with van der Waals surface area (Å²) in [5, 5.41) is 2.92. The number of carbonyl (C=O) groups is 1. The first-order chi connectivity index (χ1) is 16.9. The maximum Gasteiger partial charge on any atom is 0.228 e. The SMILES string of the molecule is C[C@@H]1CCC2[C@@H](C)[C@@H](Oc3ccc(CC(=O)Nc4ccccc4)cc3)O[C@@H]3O[C@]4(C)CC1[C@@]23OO4. The van der Waals surface area contributed by atoms with Gasteiger partial charge < -0.3 is 19.5 Å². The van der Waals surface area contributed by atoms with E-state index >= 15 is 0 Å². The maximum atomic E-state index is 12.4. The van der Waals surface area contributed by atoms with Crippen LogP contribution in [0.15, 0.2) is 54.6 Å². The van der Waals surface area contributed by atoms with Crippen molar-refractivity contribution >= 4 is 11.6 Å². The van der Waals surface area contributed by atoms with Gasteiger partial charge in [-0.15, -0.1) is 0 Å². The number of amides is 1. The lowest BCUT2D eigenvalue weighted by Crippen LogP contribution is -2.76. The van der Waals surface area contributed by atoms with Gasteiger partial charge in [0.15, 0.2) is 11.9 Å². The molecule has 0 aromatic heterocycles. The van der Waals surface area contributed by atoms with E-state index in [1.807, 2.05) is 61.5 Å². The van der Waals surface area contributed by atoms with E-state index in [1.165, 1.54) is 0 Å². The summed E-state index contributed by atoms with van der Waals surface area (Å²) in [5.41, 5.74) is 1.13. The molecule has 2 aromatic carbocycles. The smallest absolute Gasteiger partial charge is 0.228 e.